The predicted octanol–water partition coefficient (Wildman–Crippen LogP) is 3.73. The van der Waals surface area contributed by atoms with Gasteiger partial charge in [-0.3, -0.25) is 4.79 Å². The van der Waals surface area contributed by atoms with E-state index < -0.39 is 0 Å². The van der Waals surface area contributed by atoms with E-state index in [9.17, 15) is 4.79 Å². The van der Waals surface area contributed by atoms with Gasteiger partial charge in [-0.15, -0.1) is 0 Å². The van der Waals surface area contributed by atoms with Crippen molar-refractivity contribution in [3.05, 3.63) is 70.8 Å². The molecule has 2 rings (SSSR count). The zero-order chi connectivity index (χ0) is 20.4. The molecule has 0 saturated heterocycles. The highest BCUT2D eigenvalue weighted by molar-refractivity contribution is 5.94. The highest BCUT2D eigenvalue weighted by Gasteiger charge is 2.11. The van der Waals surface area contributed by atoms with Crippen LogP contribution in [0, 0.1) is 6.92 Å². The van der Waals surface area contributed by atoms with Gasteiger partial charge in [-0.1, -0.05) is 36.4 Å². The van der Waals surface area contributed by atoms with Crippen LogP contribution in [0.2, 0.25) is 0 Å². The number of hydrogen-bond donors (Lipinski definition) is 2. The Balaban J connectivity index is 2.00. The molecule has 0 aliphatic heterocycles. The van der Waals surface area contributed by atoms with Crippen LogP contribution in [0.4, 0.5) is 0 Å². The Morgan fingerprint density at radius 3 is 2.25 bits per heavy atom. The summed E-state index contributed by atoms with van der Waals surface area (Å²) in [5, 5.41) is 6.67. The van der Waals surface area contributed by atoms with Gasteiger partial charge in [0.05, 0.1) is 6.54 Å². The summed E-state index contributed by atoms with van der Waals surface area (Å²) in [7, 11) is 0. The number of nitrogens with zero attached hydrogens (tertiary/aromatic N) is 2. The summed E-state index contributed by atoms with van der Waals surface area (Å²) < 4.78 is 0. The van der Waals surface area contributed by atoms with Gasteiger partial charge in [-0.2, -0.15) is 0 Å². The fraction of sp³-hybridized carbons (Fsp3) is 0.391. The summed E-state index contributed by atoms with van der Waals surface area (Å²) in [6.45, 7) is 11.7. The minimum Gasteiger partial charge on any atom is -0.357 e. The van der Waals surface area contributed by atoms with E-state index in [4.69, 9.17) is 0 Å². The van der Waals surface area contributed by atoms with Crippen molar-refractivity contribution in [2.45, 2.75) is 40.8 Å². The van der Waals surface area contributed by atoms with E-state index in [0.717, 1.165) is 43.3 Å². The van der Waals surface area contributed by atoms with Crippen molar-refractivity contribution in [3.63, 3.8) is 0 Å². The van der Waals surface area contributed by atoms with Crippen molar-refractivity contribution in [1.29, 1.82) is 0 Å². The molecule has 0 aromatic heterocycles. The number of rotatable bonds is 8. The molecule has 150 valence electrons. The zero-order valence-electron chi connectivity index (χ0n) is 17.5. The third-order valence-corrected chi connectivity index (χ3v) is 4.72. The highest BCUT2D eigenvalue weighted by Crippen LogP contribution is 2.09. The zero-order valence-corrected chi connectivity index (χ0v) is 17.5. The van der Waals surface area contributed by atoms with Crippen LogP contribution in [0.3, 0.4) is 0 Å². The van der Waals surface area contributed by atoms with Gasteiger partial charge in [0, 0.05) is 31.7 Å². The van der Waals surface area contributed by atoms with Crippen molar-refractivity contribution < 1.29 is 4.79 Å². The molecule has 0 saturated carbocycles. The molecule has 0 unspecified atom stereocenters. The normalized spacial score (nSPS) is 11.2. The largest absolute Gasteiger partial charge is 0.357 e. The molecule has 0 radical (unpaired) electrons. The van der Waals surface area contributed by atoms with Gasteiger partial charge in [-0.05, 0) is 56.5 Å². The average molecular weight is 381 g/mol. The number of benzene rings is 2. The van der Waals surface area contributed by atoms with Crippen LogP contribution >= 0.6 is 0 Å². The Bertz CT molecular complexity index is 779. The van der Waals surface area contributed by atoms with E-state index >= 15 is 0 Å². The monoisotopic (exact) mass is 380 g/mol. The van der Waals surface area contributed by atoms with Crippen LogP contribution in [-0.2, 0) is 13.1 Å². The number of aliphatic imine (C=N–C) groups is 1. The molecule has 0 heterocycles. The first-order valence-electron chi connectivity index (χ1n) is 10.0. The molecule has 2 aromatic carbocycles. The smallest absolute Gasteiger partial charge is 0.253 e. The number of carbonyl (C=O) groups is 1. The van der Waals surface area contributed by atoms with Crippen LogP contribution in [0.25, 0.3) is 0 Å². The van der Waals surface area contributed by atoms with E-state index in [2.05, 4.69) is 47.7 Å². The lowest BCUT2D eigenvalue weighted by Gasteiger charge is -2.18. The molecule has 5 nitrogen and oxygen atoms in total. The maximum atomic E-state index is 12.4. The van der Waals surface area contributed by atoms with Gasteiger partial charge < -0.3 is 15.5 Å². The van der Waals surface area contributed by atoms with E-state index in [1.165, 1.54) is 11.1 Å². The third-order valence-electron chi connectivity index (χ3n) is 4.72. The summed E-state index contributed by atoms with van der Waals surface area (Å²) in [5.74, 6) is 0.863. The standard InChI is InChI=1S/C23H32N4O/c1-5-24-23(26-17-21-11-9-8-10-18(21)4)25-16-19-12-14-20(15-13-19)22(28)27(6-2)7-3/h8-15H,5-7,16-17H2,1-4H3,(H2,24,25,26). The molecule has 1 amide bonds. The quantitative estimate of drug-likeness (QED) is 0.542. The van der Waals surface area contributed by atoms with E-state index in [-0.39, 0.29) is 5.91 Å². The molecule has 0 aliphatic rings. The van der Waals surface area contributed by atoms with Gasteiger partial charge in [0.15, 0.2) is 5.96 Å². The lowest BCUT2D eigenvalue weighted by molar-refractivity contribution is 0.0773. The molecular weight excluding hydrogens is 348 g/mol. The summed E-state index contributed by atoms with van der Waals surface area (Å²) in [4.78, 5) is 18.9. The van der Waals surface area contributed by atoms with Gasteiger partial charge in [0.1, 0.15) is 0 Å². The van der Waals surface area contributed by atoms with E-state index in [1.807, 2.05) is 49.1 Å². The minimum absolute atomic E-state index is 0.0771. The SMILES string of the molecule is CCNC(=NCc1ccc(C(=O)N(CC)CC)cc1)NCc1ccccc1C. The minimum atomic E-state index is 0.0771. The summed E-state index contributed by atoms with van der Waals surface area (Å²) in [6.07, 6.45) is 0. The molecule has 0 fully saturated rings. The molecule has 5 heteroatoms. The molecule has 0 atom stereocenters. The fourth-order valence-electron chi connectivity index (χ4n) is 2.95. The Kier molecular flexibility index (Phi) is 8.53. The second-order valence-corrected chi connectivity index (χ2v) is 6.65. The van der Waals surface area contributed by atoms with Gasteiger partial charge in [-0.25, -0.2) is 4.99 Å². The van der Waals surface area contributed by atoms with Crippen molar-refractivity contribution >= 4 is 11.9 Å². The summed E-state index contributed by atoms with van der Waals surface area (Å²) in [6, 6.07) is 16.1. The van der Waals surface area contributed by atoms with E-state index in [0.29, 0.717) is 6.54 Å². The lowest BCUT2D eigenvalue weighted by Crippen LogP contribution is -2.36. The molecule has 2 aromatic rings. The Labute approximate surface area is 168 Å². The first kappa shape index (κ1) is 21.5. The number of hydrogen-bond acceptors (Lipinski definition) is 2. The molecular formula is C23H32N4O. The van der Waals surface area contributed by atoms with Crippen LogP contribution in [-0.4, -0.2) is 36.4 Å². The van der Waals surface area contributed by atoms with Crippen LogP contribution in [0.5, 0.6) is 0 Å². The second-order valence-electron chi connectivity index (χ2n) is 6.65. The number of aryl methyl sites for hydroxylation is 1. The second kappa shape index (κ2) is 11.1. The number of nitrogens with one attached hydrogen (secondary N) is 2. The Morgan fingerprint density at radius 1 is 0.964 bits per heavy atom. The topological polar surface area (TPSA) is 56.7 Å². The van der Waals surface area contributed by atoms with Crippen molar-refractivity contribution in [2.75, 3.05) is 19.6 Å². The van der Waals surface area contributed by atoms with Gasteiger partial charge >= 0.3 is 0 Å². The van der Waals surface area contributed by atoms with Crippen molar-refractivity contribution in [1.82, 2.24) is 15.5 Å². The third kappa shape index (κ3) is 6.12. The highest BCUT2D eigenvalue weighted by atomic mass is 16.2. The average Bonchev–Trinajstić information content (AvgIpc) is 2.72. The van der Waals surface area contributed by atoms with Gasteiger partial charge in [0.25, 0.3) is 5.91 Å². The van der Waals surface area contributed by atoms with Crippen LogP contribution in [0.1, 0.15) is 47.8 Å². The number of carbonyl (C=O) groups excluding carboxylic acids is 1. The van der Waals surface area contributed by atoms with Gasteiger partial charge in [0.2, 0.25) is 0 Å². The predicted molar refractivity (Wildman–Crippen MR) is 117 cm³/mol. The van der Waals surface area contributed by atoms with Crippen molar-refractivity contribution in [2.24, 2.45) is 4.99 Å². The first-order valence-corrected chi connectivity index (χ1v) is 10.0. The maximum Gasteiger partial charge on any atom is 0.253 e. The lowest BCUT2D eigenvalue weighted by atomic mass is 10.1. The Morgan fingerprint density at radius 2 is 1.64 bits per heavy atom. The van der Waals surface area contributed by atoms with Crippen molar-refractivity contribution in [3.8, 4) is 0 Å². The molecule has 0 bridgehead atoms. The van der Waals surface area contributed by atoms with E-state index in [1.54, 1.807) is 0 Å². The summed E-state index contributed by atoms with van der Waals surface area (Å²) in [5.41, 5.74) is 4.32. The number of amides is 1. The molecule has 0 spiro atoms. The maximum absolute atomic E-state index is 12.4. The molecule has 0 aliphatic carbocycles. The fourth-order valence-corrected chi connectivity index (χ4v) is 2.95. The number of guanidine groups is 1. The van der Waals surface area contributed by atoms with Crippen LogP contribution < -0.4 is 10.6 Å². The Hall–Kier alpha value is -2.82. The molecule has 2 N–H and O–H groups in total. The summed E-state index contributed by atoms with van der Waals surface area (Å²) >= 11 is 0. The van der Waals surface area contributed by atoms with Crippen LogP contribution in [0.15, 0.2) is 53.5 Å². The molecule has 28 heavy (non-hydrogen) atoms. The first-order chi connectivity index (χ1) is 13.6.